The van der Waals surface area contributed by atoms with Crippen LogP contribution in [0.5, 0.6) is 0 Å². The van der Waals surface area contributed by atoms with E-state index in [2.05, 4.69) is 20.7 Å². The van der Waals surface area contributed by atoms with Crippen molar-refractivity contribution >= 4 is 27.9 Å². The Labute approximate surface area is 121 Å². The number of carbonyl (C=O) groups is 2. The highest BCUT2D eigenvalue weighted by Crippen LogP contribution is 2.23. The zero-order valence-corrected chi connectivity index (χ0v) is 12.7. The van der Waals surface area contributed by atoms with E-state index < -0.39 is 0 Å². The van der Waals surface area contributed by atoms with Gasteiger partial charge in [-0.3, -0.25) is 9.59 Å². The van der Waals surface area contributed by atoms with Gasteiger partial charge in [-0.05, 0) is 30.5 Å². The highest BCUT2D eigenvalue weighted by molar-refractivity contribution is 9.10. The van der Waals surface area contributed by atoms with E-state index in [1.165, 1.54) is 7.11 Å². The number of methoxy groups -OCH3 is 1. The average Bonchev–Trinajstić information content (AvgIpc) is 2.38. The minimum Gasteiger partial charge on any atom is -0.469 e. The van der Waals surface area contributed by atoms with Crippen LogP contribution in [0.2, 0.25) is 0 Å². The molecule has 0 saturated heterocycles. The standard InChI is InChI=1S/C14H17BrO4/c1-3-19-14(17)9-10-5-4-6-12(15)11(10)7-8-13(16)18-2/h4-6H,3,7-9H2,1-2H3. The predicted octanol–water partition coefficient (Wildman–Crippen LogP) is 2.66. The fraction of sp³-hybridized carbons (Fsp3) is 0.429. The number of rotatable bonds is 6. The first-order chi connectivity index (χ1) is 9.08. The number of benzene rings is 1. The molecule has 104 valence electrons. The molecule has 4 nitrogen and oxygen atoms in total. The third-order valence-corrected chi connectivity index (χ3v) is 3.41. The summed E-state index contributed by atoms with van der Waals surface area (Å²) >= 11 is 3.44. The first-order valence-electron chi connectivity index (χ1n) is 6.07. The normalized spacial score (nSPS) is 10.1. The van der Waals surface area contributed by atoms with Gasteiger partial charge in [0.15, 0.2) is 0 Å². The maximum Gasteiger partial charge on any atom is 0.310 e. The molecule has 5 heteroatoms. The zero-order chi connectivity index (χ0) is 14.3. The monoisotopic (exact) mass is 328 g/mol. The molecule has 0 aliphatic heterocycles. The van der Waals surface area contributed by atoms with Gasteiger partial charge in [0, 0.05) is 10.9 Å². The van der Waals surface area contributed by atoms with Crippen molar-refractivity contribution in [2.45, 2.75) is 26.2 Å². The van der Waals surface area contributed by atoms with E-state index in [0.29, 0.717) is 13.0 Å². The van der Waals surface area contributed by atoms with Crippen LogP contribution < -0.4 is 0 Å². The van der Waals surface area contributed by atoms with Crippen molar-refractivity contribution in [1.29, 1.82) is 0 Å². The topological polar surface area (TPSA) is 52.6 Å². The Morgan fingerprint density at radius 3 is 2.63 bits per heavy atom. The predicted molar refractivity (Wildman–Crippen MR) is 74.8 cm³/mol. The Bertz CT molecular complexity index is 457. The molecule has 0 radical (unpaired) electrons. The van der Waals surface area contributed by atoms with Crippen LogP contribution >= 0.6 is 15.9 Å². The van der Waals surface area contributed by atoms with Gasteiger partial charge in [0.1, 0.15) is 0 Å². The molecule has 0 bridgehead atoms. The molecular formula is C14H17BrO4. The molecule has 0 heterocycles. The van der Waals surface area contributed by atoms with Gasteiger partial charge in [-0.15, -0.1) is 0 Å². The Balaban J connectivity index is 2.82. The molecule has 0 aliphatic rings. The van der Waals surface area contributed by atoms with Crippen molar-refractivity contribution in [2.24, 2.45) is 0 Å². The summed E-state index contributed by atoms with van der Waals surface area (Å²) < 4.78 is 10.5. The van der Waals surface area contributed by atoms with Crippen LogP contribution in [0, 0.1) is 0 Å². The number of hydrogen-bond acceptors (Lipinski definition) is 4. The van der Waals surface area contributed by atoms with Crippen LogP contribution in [0.15, 0.2) is 22.7 Å². The number of hydrogen-bond donors (Lipinski definition) is 0. The number of esters is 2. The first kappa shape index (κ1) is 15.7. The summed E-state index contributed by atoms with van der Waals surface area (Å²) in [6, 6.07) is 5.62. The molecule has 0 aliphatic carbocycles. The van der Waals surface area contributed by atoms with E-state index in [4.69, 9.17) is 4.74 Å². The summed E-state index contributed by atoms with van der Waals surface area (Å²) in [5.41, 5.74) is 1.82. The van der Waals surface area contributed by atoms with Crippen LogP contribution in [-0.4, -0.2) is 25.7 Å². The maximum absolute atomic E-state index is 11.5. The van der Waals surface area contributed by atoms with E-state index in [0.717, 1.165) is 15.6 Å². The van der Waals surface area contributed by atoms with Gasteiger partial charge >= 0.3 is 11.9 Å². The molecule has 1 aromatic rings. The van der Waals surface area contributed by atoms with Crippen LogP contribution in [0.4, 0.5) is 0 Å². The summed E-state index contributed by atoms with van der Waals surface area (Å²) in [5, 5.41) is 0. The minimum atomic E-state index is -0.266. The van der Waals surface area contributed by atoms with Crippen LogP contribution in [0.25, 0.3) is 0 Å². The SMILES string of the molecule is CCOC(=O)Cc1cccc(Br)c1CCC(=O)OC. The molecule has 19 heavy (non-hydrogen) atoms. The van der Waals surface area contributed by atoms with Crippen molar-refractivity contribution < 1.29 is 19.1 Å². The Hall–Kier alpha value is -1.36. The second-order valence-electron chi connectivity index (χ2n) is 3.94. The van der Waals surface area contributed by atoms with E-state index >= 15 is 0 Å². The Morgan fingerprint density at radius 2 is 2.00 bits per heavy atom. The molecule has 1 rings (SSSR count). The van der Waals surface area contributed by atoms with E-state index in [9.17, 15) is 9.59 Å². The summed E-state index contributed by atoms with van der Waals surface area (Å²) in [7, 11) is 1.36. The highest BCUT2D eigenvalue weighted by atomic mass is 79.9. The minimum absolute atomic E-state index is 0.212. The van der Waals surface area contributed by atoms with E-state index in [-0.39, 0.29) is 24.8 Å². The van der Waals surface area contributed by atoms with Crippen LogP contribution in [0.1, 0.15) is 24.5 Å². The molecule has 0 spiro atoms. The van der Waals surface area contributed by atoms with Gasteiger partial charge in [0.2, 0.25) is 0 Å². The van der Waals surface area contributed by atoms with Crippen molar-refractivity contribution in [3.63, 3.8) is 0 Å². The molecule has 0 fully saturated rings. The number of halogens is 1. The van der Waals surface area contributed by atoms with E-state index in [1.54, 1.807) is 6.92 Å². The van der Waals surface area contributed by atoms with Crippen molar-refractivity contribution in [2.75, 3.05) is 13.7 Å². The van der Waals surface area contributed by atoms with Crippen LogP contribution in [-0.2, 0) is 31.9 Å². The lowest BCUT2D eigenvalue weighted by Gasteiger charge is -2.11. The summed E-state index contributed by atoms with van der Waals surface area (Å²) in [5.74, 6) is -0.530. The summed E-state index contributed by atoms with van der Waals surface area (Å²) in [6.07, 6.45) is 1.03. The van der Waals surface area contributed by atoms with Crippen molar-refractivity contribution in [3.8, 4) is 0 Å². The number of carbonyl (C=O) groups excluding carboxylic acids is 2. The third kappa shape index (κ3) is 5.03. The quantitative estimate of drug-likeness (QED) is 0.753. The second-order valence-corrected chi connectivity index (χ2v) is 4.79. The zero-order valence-electron chi connectivity index (χ0n) is 11.1. The lowest BCUT2D eigenvalue weighted by Crippen LogP contribution is -2.10. The molecule has 1 aromatic carbocycles. The fourth-order valence-electron chi connectivity index (χ4n) is 1.75. The first-order valence-corrected chi connectivity index (χ1v) is 6.86. The van der Waals surface area contributed by atoms with Crippen molar-refractivity contribution in [3.05, 3.63) is 33.8 Å². The van der Waals surface area contributed by atoms with Gasteiger partial charge in [-0.2, -0.15) is 0 Å². The molecule has 0 aromatic heterocycles. The van der Waals surface area contributed by atoms with Gasteiger partial charge in [0.25, 0.3) is 0 Å². The van der Waals surface area contributed by atoms with Gasteiger partial charge in [-0.1, -0.05) is 28.1 Å². The third-order valence-electron chi connectivity index (χ3n) is 2.66. The largest absolute Gasteiger partial charge is 0.469 e. The molecule has 0 saturated carbocycles. The smallest absolute Gasteiger partial charge is 0.310 e. The lowest BCUT2D eigenvalue weighted by atomic mass is 10.0. The van der Waals surface area contributed by atoms with Crippen molar-refractivity contribution in [1.82, 2.24) is 0 Å². The lowest BCUT2D eigenvalue weighted by molar-refractivity contribution is -0.142. The van der Waals surface area contributed by atoms with Gasteiger partial charge in [0.05, 0.1) is 20.1 Å². The van der Waals surface area contributed by atoms with E-state index in [1.807, 2.05) is 18.2 Å². The van der Waals surface area contributed by atoms with Gasteiger partial charge < -0.3 is 9.47 Å². The molecule has 0 atom stereocenters. The Kier molecular flexibility index (Phi) is 6.56. The van der Waals surface area contributed by atoms with Crippen LogP contribution in [0.3, 0.4) is 0 Å². The highest BCUT2D eigenvalue weighted by Gasteiger charge is 2.13. The molecule has 0 amide bonds. The van der Waals surface area contributed by atoms with Gasteiger partial charge in [-0.25, -0.2) is 0 Å². The molecule has 0 unspecified atom stereocenters. The number of ether oxygens (including phenoxy) is 2. The second kappa shape index (κ2) is 7.94. The average molecular weight is 329 g/mol. The maximum atomic E-state index is 11.5. The summed E-state index contributed by atoms with van der Waals surface area (Å²) in [4.78, 5) is 22.7. The Morgan fingerprint density at radius 1 is 1.26 bits per heavy atom. The summed E-state index contributed by atoms with van der Waals surface area (Å²) in [6.45, 7) is 2.14. The molecular weight excluding hydrogens is 312 g/mol. The molecule has 0 N–H and O–H groups in total. The fourth-order valence-corrected chi connectivity index (χ4v) is 2.35.